The third-order valence-corrected chi connectivity index (χ3v) is 5.12. The van der Waals surface area contributed by atoms with Crippen LogP contribution in [0.15, 0.2) is 12.2 Å². The van der Waals surface area contributed by atoms with Crippen LogP contribution in [0.4, 0.5) is 0 Å². The maximum atomic E-state index is 12.7. The zero-order chi connectivity index (χ0) is 21.0. The summed E-state index contributed by atoms with van der Waals surface area (Å²) in [6.45, 7) is 4.63. The highest BCUT2D eigenvalue weighted by atomic mass is 16.6. The van der Waals surface area contributed by atoms with Gasteiger partial charge < -0.3 is 14.6 Å². The molecule has 0 aromatic rings. The Kier molecular flexibility index (Phi) is 11.0. The standard InChI is InChI=1S/C22H36O6/c1-4-5-6-7-8-9-10-11-12-13-14-19(25)22(26)20(27-17(2)23)15-16-21(22)28-18(3)24/h15-16,20-21,26H,4-14H2,1-3H3. The van der Waals surface area contributed by atoms with Gasteiger partial charge in [-0.05, 0) is 18.6 Å². The Morgan fingerprint density at radius 3 is 1.57 bits per heavy atom. The fourth-order valence-corrected chi connectivity index (χ4v) is 3.56. The predicted octanol–water partition coefficient (Wildman–Crippen LogP) is 4.03. The molecule has 6 heteroatoms. The van der Waals surface area contributed by atoms with Gasteiger partial charge in [-0.15, -0.1) is 0 Å². The van der Waals surface area contributed by atoms with E-state index in [2.05, 4.69) is 6.92 Å². The number of ether oxygens (including phenoxy) is 2. The van der Waals surface area contributed by atoms with Gasteiger partial charge in [-0.2, -0.15) is 0 Å². The van der Waals surface area contributed by atoms with Gasteiger partial charge >= 0.3 is 11.9 Å². The minimum Gasteiger partial charge on any atom is -0.455 e. The number of unbranched alkanes of at least 4 members (excludes halogenated alkanes) is 9. The molecular weight excluding hydrogens is 360 g/mol. The number of Topliss-reactive ketones (excluding diaryl/α,β-unsaturated/α-hetero) is 1. The SMILES string of the molecule is CCCCCCCCCCCCC(=O)C1(O)C(OC(C)=O)C=CC1OC(C)=O. The molecule has 0 bridgehead atoms. The van der Waals surface area contributed by atoms with Crippen LogP contribution in [0.3, 0.4) is 0 Å². The molecule has 0 aromatic heterocycles. The summed E-state index contributed by atoms with van der Waals surface area (Å²) in [5.74, 6) is -1.68. The summed E-state index contributed by atoms with van der Waals surface area (Å²) < 4.78 is 10.1. The molecule has 0 fully saturated rings. The largest absolute Gasteiger partial charge is 0.455 e. The maximum Gasteiger partial charge on any atom is 0.303 e. The number of ketones is 1. The first-order chi connectivity index (χ1) is 13.3. The van der Waals surface area contributed by atoms with E-state index >= 15 is 0 Å². The monoisotopic (exact) mass is 396 g/mol. The van der Waals surface area contributed by atoms with E-state index in [-0.39, 0.29) is 6.42 Å². The van der Waals surface area contributed by atoms with Crippen molar-refractivity contribution in [2.45, 2.75) is 109 Å². The summed E-state index contributed by atoms with van der Waals surface area (Å²) in [7, 11) is 0. The Hall–Kier alpha value is -1.69. The number of hydrogen-bond acceptors (Lipinski definition) is 6. The fraction of sp³-hybridized carbons (Fsp3) is 0.773. The first-order valence-corrected chi connectivity index (χ1v) is 10.6. The van der Waals surface area contributed by atoms with Gasteiger partial charge in [0.05, 0.1) is 0 Å². The number of hydrogen-bond donors (Lipinski definition) is 1. The molecule has 2 atom stereocenters. The Balaban J connectivity index is 2.41. The number of aliphatic hydroxyl groups is 1. The van der Waals surface area contributed by atoms with Crippen molar-refractivity contribution in [3.63, 3.8) is 0 Å². The van der Waals surface area contributed by atoms with Crippen molar-refractivity contribution in [1.29, 1.82) is 0 Å². The van der Waals surface area contributed by atoms with E-state index in [1.807, 2.05) is 0 Å². The lowest BCUT2D eigenvalue weighted by Gasteiger charge is -2.32. The fourth-order valence-electron chi connectivity index (χ4n) is 3.56. The molecule has 0 saturated heterocycles. The Labute approximate surface area is 168 Å². The highest BCUT2D eigenvalue weighted by molar-refractivity contribution is 5.90. The number of carbonyl (C=O) groups is 3. The van der Waals surface area contributed by atoms with Gasteiger partial charge in [0.25, 0.3) is 0 Å². The zero-order valence-electron chi connectivity index (χ0n) is 17.6. The summed E-state index contributed by atoms with van der Waals surface area (Å²) in [4.78, 5) is 35.3. The quantitative estimate of drug-likeness (QED) is 0.271. The van der Waals surface area contributed by atoms with E-state index in [1.165, 1.54) is 64.5 Å². The number of esters is 2. The van der Waals surface area contributed by atoms with E-state index in [9.17, 15) is 19.5 Å². The predicted molar refractivity (Wildman–Crippen MR) is 107 cm³/mol. The summed E-state index contributed by atoms with van der Waals surface area (Å²) in [5, 5.41) is 11.0. The topological polar surface area (TPSA) is 89.9 Å². The van der Waals surface area contributed by atoms with Crippen LogP contribution < -0.4 is 0 Å². The second kappa shape index (κ2) is 12.7. The molecule has 2 unspecified atom stereocenters. The van der Waals surface area contributed by atoms with Gasteiger partial charge in [0.1, 0.15) is 0 Å². The van der Waals surface area contributed by atoms with Crippen molar-refractivity contribution in [1.82, 2.24) is 0 Å². The molecule has 28 heavy (non-hydrogen) atoms. The van der Waals surface area contributed by atoms with Crippen LogP contribution >= 0.6 is 0 Å². The molecule has 1 aliphatic rings. The van der Waals surface area contributed by atoms with Crippen LogP contribution in [0, 0.1) is 0 Å². The van der Waals surface area contributed by atoms with Gasteiger partial charge in [-0.3, -0.25) is 14.4 Å². The van der Waals surface area contributed by atoms with Crippen molar-refractivity contribution in [2.24, 2.45) is 0 Å². The van der Waals surface area contributed by atoms with Crippen LogP contribution in [-0.4, -0.2) is 40.6 Å². The Morgan fingerprint density at radius 1 is 0.786 bits per heavy atom. The normalized spacial score (nSPS) is 23.6. The van der Waals surface area contributed by atoms with E-state index in [4.69, 9.17) is 9.47 Å². The lowest BCUT2D eigenvalue weighted by Crippen LogP contribution is -2.56. The van der Waals surface area contributed by atoms with E-state index < -0.39 is 35.5 Å². The van der Waals surface area contributed by atoms with E-state index in [0.29, 0.717) is 6.42 Å². The molecule has 6 nitrogen and oxygen atoms in total. The van der Waals surface area contributed by atoms with Crippen LogP contribution in [0.25, 0.3) is 0 Å². The van der Waals surface area contributed by atoms with Gasteiger partial charge in [0, 0.05) is 20.3 Å². The van der Waals surface area contributed by atoms with E-state index in [0.717, 1.165) is 19.3 Å². The first-order valence-electron chi connectivity index (χ1n) is 10.6. The van der Waals surface area contributed by atoms with Gasteiger partial charge in [0.15, 0.2) is 18.0 Å². The Bertz CT molecular complexity index is 513. The van der Waals surface area contributed by atoms with Crippen molar-refractivity contribution in [3.8, 4) is 0 Å². The molecule has 0 heterocycles. The van der Waals surface area contributed by atoms with E-state index in [1.54, 1.807) is 0 Å². The molecule has 0 saturated carbocycles. The third kappa shape index (κ3) is 7.74. The molecule has 1 rings (SSSR count). The second-order valence-corrected chi connectivity index (χ2v) is 7.63. The lowest BCUT2D eigenvalue weighted by atomic mass is 9.87. The molecule has 1 aliphatic carbocycles. The van der Waals surface area contributed by atoms with Crippen molar-refractivity contribution >= 4 is 17.7 Å². The molecule has 160 valence electrons. The maximum absolute atomic E-state index is 12.7. The average molecular weight is 397 g/mol. The number of rotatable bonds is 14. The zero-order valence-corrected chi connectivity index (χ0v) is 17.6. The molecule has 0 aliphatic heterocycles. The summed E-state index contributed by atoms with van der Waals surface area (Å²) in [6, 6.07) is 0. The molecule has 0 aromatic carbocycles. The van der Waals surface area contributed by atoms with Crippen LogP contribution in [0.1, 0.15) is 91.4 Å². The van der Waals surface area contributed by atoms with Gasteiger partial charge in [-0.25, -0.2) is 0 Å². The number of carbonyl (C=O) groups excluding carboxylic acids is 3. The van der Waals surface area contributed by atoms with Crippen LogP contribution in [0.5, 0.6) is 0 Å². The second-order valence-electron chi connectivity index (χ2n) is 7.63. The Morgan fingerprint density at radius 2 is 1.18 bits per heavy atom. The van der Waals surface area contributed by atoms with Gasteiger partial charge in [-0.1, -0.05) is 64.7 Å². The minimum atomic E-state index is -2.05. The van der Waals surface area contributed by atoms with Crippen LogP contribution in [-0.2, 0) is 23.9 Å². The molecule has 0 spiro atoms. The molecule has 0 amide bonds. The van der Waals surface area contributed by atoms with Crippen LogP contribution in [0.2, 0.25) is 0 Å². The highest BCUT2D eigenvalue weighted by Crippen LogP contribution is 2.32. The first kappa shape index (κ1) is 24.3. The molecular formula is C22H36O6. The summed E-state index contributed by atoms with van der Waals surface area (Å²) in [6.07, 6.45) is 12.1. The summed E-state index contributed by atoms with van der Waals surface area (Å²) in [5.41, 5.74) is -2.05. The minimum absolute atomic E-state index is 0.157. The molecule has 0 radical (unpaired) electrons. The van der Waals surface area contributed by atoms with Crippen molar-refractivity contribution < 1.29 is 29.0 Å². The summed E-state index contributed by atoms with van der Waals surface area (Å²) >= 11 is 0. The van der Waals surface area contributed by atoms with Crippen molar-refractivity contribution in [2.75, 3.05) is 0 Å². The highest BCUT2D eigenvalue weighted by Gasteiger charge is 2.55. The lowest BCUT2D eigenvalue weighted by molar-refractivity contribution is -0.180. The average Bonchev–Trinajstić information content (AvgIpc) is 2.92. The molecule has 1 N–H and O–H groups in total. The van der Waals surface area contributed by atoms with Gasteiger partial charge in [0.2, 0.25) is 5.60 Å². The smallest absolute Gasteiger partial charge is 0.303 e. The van der Waals surface area contributed by atoms with Crippen molar-refractivity contribution in [3.05, 3.63) is 12.2 Å². The third-order valence-electron chi connectivity index (χ3n) is 5.12.